The number of hydrogen-bond donors (Lipinski definition) is 1. The molecule has 1 saturated heterocycles. The van der Waals surface area contributed by atoms with E-state index < -0.39 is 0 Å². The SMILES string of the molecule is CCOc1cccc(NC(=O)N2CCCCC2Cc2ccccc2)c1. The number of anilines is 1. The van der Waals surface area contributed by atoms with Crippen LogP contribution in [-0.4, -0.2) is 30.1 Å². The maximum absolute atomic E-state index is 12.8. The predicted molar refractivity (Wildman–Crippen MR) is 101 cm³/mol. The Bertz CT molecular complexity index is 687. The molecule has 4 heteroatoms. The van der Waals surface area contributed by atoms with Gasteiger partial charge in [-0.3, -0.25) is 0 Å². The number of likely N-dealkylation sites (tertiary alicyclic amines) is 1. The molecule has 0 saturated carbocycles. The lowest BCUT2D eigenvalue weighted by atomic mass is 9.96. The standard InChI is InChI=1S/C21H26N2O2/c1-2-25-20-13-8-11-18(16-20)22-21(24)23-14-7-6-12-19(23)15-17-9-4-3-5-10-17/h3-5,8-11,13,16,19H,2,6-7,12,14-15H2,1H3,(H,22,24). The van der Waals surface area contributed by atoms with Gasteiger partial charge in [0, 0.05) is 24.3 Å². The van der Waals surface area contributed by atoms with Crippen LogP contribution in [0.15, 0.2) is 54.6 Å². The van der Waals surface area contributed by atoms with Gasteiger partial charge in [-0.05, 0) is 50.3 Å². The third-order valence-corrected chi connectivity index (χ3v) is 4.60. The summed E-state index contributed by atoms with van der Waals surface area (Å²) < 4.78 is 5.51. The molecule has 0 radical (unpaired) electrons. The van der Waals surface area contributed by atoms with Crippen LogP contribution in [0.25, 0.3) is 0 Å². The molecular weight excluding hydrogens is 312 g/mol. The van der Waals surface area contributed by atoms with Gasteiger partial charge in [-0.1, -0.05) is 36.4 Å². The topological polar surface area (TPSA) is 41.6 Å². The summed E-state index contributed by atoms with van der Waals surface area (Å²) in [4.78, 5) is 14.8. The quantitative estimate of drug-likeness (QED) is 0.857. The molecule has 0 spiro atoms. The highest BCUT2D eigenvalue weighted by molar-refractivity contribution is 5.89. The Morgan fingerprint density at radius 1 is 1.16 bits per heavy atom. The number of nitrogens with zero attached hydrogens (tertiary/aromatic N) is 1. The lowest BCUT2D eigenvalue weighted by molar-refractivity contribution is 0.162. The van der Waals surface area contributed by atoms with Crippen molar-refractivity contribution in [3.05, 3.63) is 60.2 Å². The van der Waals surface area contributed by atoms with Crippen LogP contribution >= 0.6 is 0 Å². The van der Waals surface area contributed by atoms with Gasteiger partial charge in [0.2, 0.25) is 0 Å². The molecule has 2 aromatic carbocycles. The molecule has 4 nitrogen and oxygen atoms in total. The number of rotatable bonds is 5. The minimum absolute atomic E-state index is 0.0192. The summed E-state index contributed by atoms with van der Waals surface area (Å²) in [6.07, 6.45) is 4.22. The van der Waals surface area contributed by atoms with Crippen LogP contribution in [-0.2, 0) is 6.42 Å². The molecule has 2 amide bonds. The van der Waals surface area contributed by atoms with Crippen LogP contribution in [0.3, 0.4) is 0 Å². The molecule has 0 bridgehead atoms. The predicted octanol–water partition coefficient (Wildman–Crippen LogP) is 4.71. The van der Waals surface area contributed by atoms with Crippen molar-refractivity contribution in [3.8, 4) is 5.75 Å². The van der Waals surface area contributed by atoms with E-state index in [0.29, 0.717) is 6.61 Å². The lowest BCUT2D eigenvalue weighted by Crippen LogP contribution is -2.46. The second-order valence-corrected chi connectivity index (χ2v) is 6.42. The number of carbonyl (C=O) groups is 1. The summed E-state index contributed by atoms with van der Waals surface area (Å²) in [5.41, 5.74) is 2.06. The van der Waals surface area contributed by atoms with Crippen LogP contribution < -0.4 is 10.1 Å². The van der Waals surface area contributed by atoms with Crippen molar-refractivity contribution >= 4 is 11.7 Å². The number of urea groups is 1. The maximum Gasteiger partial charge on any atom is 0.322 e. The van der Waals surface area contributed by atoms with E-state index in [1.807, 2.05) is 42.2 Å². The molecule has 1 aliphatic heterocycles. The first kappa shape index (κ1) is 17.3. The van der Waals surface area contributed by atoms with E-state index in [9.17, 15) is 4.79 Å². The van der Waals surface area contributed by atoms with Gasteiger partial charge in [0.15, 0.2) is 0 Å². The fourth-order valence-electron chi connectivity index (χ4n) is 3.39. The van der Waals surface area contributed by atoms with Crippen LogP contribution in [0.2, 0.25) is 0 Å². The number of piperidine rings is 1. The summed E-state index contributed by atoms with van der Waals surface area (Å²) in [6, 6.07) is 18.2. The first-order valence-electron chi connectivity index (χ1n) is 9.10. The van der Waals surface area contributed by atoms with Crippen LogP contribution in [0.5, 0.6) is 5.75 Å². The van der Waals surface area contributed by atoms with E-state index in [1.54, 1.807) is 0 Å². The molecule has 1 fully saturated rings. The zero-order valence-corrected chi connectivity index (χ0v) is 14.8. The monoisotopic (exact) mass is 338 g/mol. The van der Waals surface area contributed by atoms with E-state index in [-0.39, 0.29) is 12.1 Å². The van der Waals surface area contributed by atoms with Gasteiger partial charge in [0.1, 0.15) is 5.75 Å². The van der Waals surface area contributed by atoms with Gasteiger partial charge in [-0.2, -0.15) is 0 Å². The second kappa shape index (κ2) is 8.56. The first-order chi connectivity index (χ1) is 12.3. The highest BCUT2D eigenvalue weighted by Gasteiger charge is 2.26. The van der Waals surface area contributed by atoms with Gasteiger partial charge >= 0.3 is 6.03 Å². The largest absolute Gasteiger partial charge is 0.494 e. The zero-order valence-electron chi connectivity index (χ0n) is 14.8. The molecule has 2 aromatic rings. The molecule has 3 rings (SSSR count). The first-order valence-corrected chi connectivity index (χ1v) is 9.10. The smallest absolute Gasteiger partial charge is 0.322 e. The highest BCUT2D eigenvalue weighted by Crippen LogP contribution is 2.23. The number of amides is 2. The van der Waals surface area contributed by atoms with E-state index in [0.717, 1.165) is 37.2 Å². The van der Waals surface area contributed by atoms with Crippen molar-refractivity contribution in [3.63, 3.8) is 0 Å². The molecule has 1 atom stereocenters. The average molecular weight is 338 g/mol. The number of ether oxygens (including phenoxy) is 1. The number of carbonyl (C=O) groups excluding carboxylic acids is 1. The third-order valence-electron chi connectivity index (χ3n) is 4.60. The minimum Gasteiger partial charge on any atom is -0.494 e. The average Bonchev–Trinajstić information content (AvgIpc) is 2.63. The minimum atomic E-state index is -0.0192. The van der Waals surface area contributed by atoms with Gasteiger partial charge in [-0.25, -0.2) is 4.79 Å². The Morgan fingerprint density at radius 2 is 2.00 bits per heavy atom. The normalized spacial score (nSPS) is 17.2. The van der Waals surface area contributed by atoms with Gasteiger partial charge in [-0.15, -0.1) is 0 Å². The second-order valence-electron chi connectivity index (χ2n) is 6.42. The summed E-state index contributed by atoms with van der Waals surface area (Å²) in [5, 5.41) is 3.03. The van der Waals surface area contributed by atoms with Gasteiger partial charge < -0.3 is 15.0 Å². The lowest BCUT2D eigenvalue weighted by Gasteiger charge is -2.36. The Kier molecular flexibility index (Phi) is 5.94. The van der Waals surface area contributed by atoms with E-state index in [1.165, 1.54) is 12.0 Å². The molecule has 1 N–H and O–H groups in total. The molecule has 132 valence electrons. The Hall–Kier alpha value is -2.49. The number of hydrogen-bond acceptors (Lipinski definition) is 2. The summed E-state index contributed by atoms with van der Waals surface area (Å²) in [6.45, 7) is 3.38. The molecule has 0 aliphatic carbocycles. The molecule has 0 aromatic heterocycles. The van der Waals surface area contributed by atoms with Crippen LogP contribution in [0, 0.1) is 0 Å². The highest BCUT2D eigenvalue weighted by atomic mass is 16.5. The van der Waals surface area contributed by atoms with Crippen molar-refractivity contribution in [2.45, 2.75) is 38.6 Å². The van der Waals surface area contributed by atoms with E-state index >= 15 is 0 Å². The van der Waals surface area contributed by atoms with E-state index in [2.05, 4.69) is 29.6 Å². The Balaban J connectivity index is 1.67. The van der Waals surface area contributed by atoms with Gasteiger partial charge in [0.25, 0.3) is 0 Å². The van der Waals surface area contributed by atoms with Crippen LogP contribution in [0.1, 0.15) is 31.7 Å². The molecule has 1 unspecified atom stereocenters. The van der Waals surface area contributed by atoms with E-state index in [4.69, 9.17) is 4.74 Å². The number of benzene rings is 2. The summed E-state index contributed by atoms with van der Waals surface area (Å²) in [5.74, 6) is 0.778. The summed E-state index contributed by atoms with van der Waals surface area (Å²) >= 11 is 0. The zero-order chi connectivity index (χ0) is 17.5. The molecule has 1 heterocycles. The van der Waals surface area contributed by atoms with Crippen molar-refractivity contribution in [2.75, 3.05) is 18.5 Å². The van der Waals surface area contributed by atoms with Gasteiger partial charge in [0.05, 0.1) is 6.61 Å². The van der Waals surface area contributed by atoms with Crippen LogP contribution in [0.4, 0.5) is 10.5 Å². The van der Waals surface area contributed by atoms with Crippen molar-refractivity contribution < 1.29 is 9.53 Å². The molecule has 25 heavy (non-hydrogen) atoms. The fourth-order valence-corrected chi connectivity index (χ4v) is 3.39. The Morgan fingerprint density at radius 3 is 2.80 bits per heavy atom. The third kappa shape index (κ3) is 4.75. The van der Waals surface area contributed by atoms with Crippen molar-refractivity contribution in [2.24, 2.45) is 0 Å². The Labute approximate surface area is 149 Å². The van der Waals surface area contributed by atoms with Crippen molar-refractivity contribution in [1.29, 1.82) is 0 Å². The number of nitrogens with one attached hydrogen (secondary N) is 1. The maximum atomic E-state index is 12.8. The fraction of sp³-hybridized carbons (Fsp3) is 0.381. The van der Waals surface area contributed by atoms with Crippen molar-refractivity contribution in [1.82, 2.24) is 4.90 Å². The molecule has 1 aliphatic rings. The molecular formula is C21H26N2O2. The summed E-state index contributed by atoms with van der Waals surface area (Å²) in [7, 11) is 0.